The van der Waals surface area contributed by atoms with E-state index >= 15 is 0 Å². The van der Waals surface area contributed by atoms with Crippen LogP contribution in [-0.2, 0) is 14.3 Å². The molecule has 19 heavy (non-hydrogen) atoms. The zero-order valence-electron chi connectivity index (χ0n) is 12.1. The molecule has 2 N–H and O–H groups in total. The summed E-state index contributed by atoms with van der Waals surface area (Å²) in [5, 5.41) is 0. The van der Waals surface area contributed by atoms with Crippen LogP contribution in [0.4, 0.5) is 0 Å². The average Bonchev–Trinajstić information content (AvgIpc) is 2.44. The number of hydrogen-bond donors (Lipinski definition) is 1. The summed E-state index contributed by atoms with van der Waals surface area (Å²) in [6, 6.07) is 0. The van der Waals surface area contributed by atoms with E-state index in [2.05, 4.69) is 0 Å². The first-order valence-corrected chi connectivity index (χ1v) is 7.25. The lowest BCUT2D eigenvalue weighted by Gasteiger charge is -2.32. The summed E-state index contributed by atoms with van der Waals surface area (Å²) >= 11 is 0. The number of piperidine rings is 1. The molecular weight excluding hydrogens is 244 g/mol. The molecule has 1 aliphatic rings. The van der Waals surface area contributed by atoms with Gasteiger partial charge in [0, 0.05) is 19.0 Å². The standard InChI is InChI=1S/C14H26N2O3/c1-3-19-14(18)12-6-9-16(10-7-12)13(17)11(2)5-4-8-15/h11-12H,3-10,15H2,1-2H3. The van der Waals surface area contributed by atoms with E-state index in [1.54, 1.807) is 0 Å². The predicted molar refractivity (Wildman–Crippen MR) is 73.4 cm³/mol. The van der Waals surface area contributed by atoms with Crippen molar-refractivity contribution in [3.8, 4) is 0 Å². The number of hydrogen-bond acceptors (Lipinski definition) is 4. The van der Waals surface area contributed by atoms with Crippen LogP contribution >= 0.6 is 0 Å². The molecule has 0 aromatic rings. The van der Waals surface area contributed by atoms with Gasteiger partial charge >= 0.3 is 5.97 Å². The number of nitrogens with two attached hydrogens (primary N) is 1. The Morgan fingerprint density at radius 1 is 1.37 bits per heavy atom. The summed E-state index contributed by atoms with van der Waals surface area (Å²) in [5.41, 5.74) is 5.46. The van der Waals surface area contributed by atoms with Crippen molar-refractivity contribution in [2.45, 2.75) is 39.5 Å². The summed E-state index contributed by atoms with van der Waals surface area (Å²) < 4.78 is 5.02. The second kappa shape index (κ2) is 8.15. The molecule has 0 saturated carbocycles. The van der Waals surface area contributed by atoms with E-state index in [4.69, 9.17) is 10.5 Å². The third-order valence-electron chi connectivity index (χ3n) is 3.69. The second-order valence-corrected chi connectivity index (χ2v) is 5.18. The Morgan fingerprint density at radius 2 is 2.00 bits per heavy atom. The van der Waals surface area contributed by atoms with E-state index in [0.29, 0.717) is 39.1 Å². The molecule has 0 spiro atoms. The van der Waals surface area contributed by atoms with Gasteiger partial charge in [0.05, 0.1) is 12.5 Å². The van der Waals surface area contributed by atoms with Gasteiger partial charge < -0.3 is 15.4 Å². The molecule has 1 rings (SSSR count). The Balaban J connectivity index is 2.36. The van der Waals surface area contributed by atoms with E-state index in [-0.39, 0.29) is 23.7 Å². The van der Waals surface area contributed by atoms with Crippen molar-refractivity contribution in [2.75, 3.05) is 26.2 Å². The maximum atomic E-state index is 12.2. The normalized spacial score (nSPS) is 18.2. The van der Waals surface area contributed by atoms with Crippen LogP contribution in [0.25, 0.3) is 0 Å². The van der Waals surface area contributed by atoms with Gasteiger partial charge in [0.15, 0.2) is 0 Å². The second-order valence-electron chi connectivity index (χ2n) is 5.18. The first kappa shape index (κ1) is 16.0. The molecule has 1 unspecified atom stereocenters. The zero-order valence-corrected chi connectivity index (χ0v) is 12.1. The fourth-order valence-electron chi connectivity index (χ4n) is 2.45. The molecule has 1 saturated heterocycles. The lowest BCUT2D eigenvalue weighted by molar-refractivity contribution is -0.151. The SMILES string of the molecule is CCOC(=O)C1CCN(C(=O)C(C)CCCN)CC1. The summed E-state index contributed by atoms with van der Waals surface area (Å²) in [6.45, 7) is 6.15. The van der Waals surface area contributed by atoms with E-state index in [1.807, 2.05) is 18.7 Å². The van der Waals surface area contributed by atoms with E-state index in [1.165, 1.54) is 0 Å². The Bertz CT molecular complexity index is 299. The molecule has 1 amide bonds. The summed E-state index contributed by atoms with van der Waals surface area (Å²) in [6.07, 6.45) is 3.15. The highest BCUT2D eigenvalue weighted by molar-refractivity contribution is 5.79. The van der Waals surface area contributed by atoms with Crippen LogP contribution in [-0.4, -0.2) is 43.0 Å². The zero-order chi connectivity index (χ0) is 14.3. The highest BCUT2D eigenvalue weighted by Gasteiger charge is 2.29. The highest BCUT2D eigenvalue weighted by Crippen LogP contribution is 2.21. The minimum absolute atomic E-state index is 0.0303. The van der Waals surface area contributed by atoms with Crippen molar-refractivity contribution in [3.05, 3.63) is 0 Å². The fourth-order valence-corrected chi connectivity index (χ4v) is 2.45. The molecule has 1 heterocycles. The van der Waals surface area contributed by atoms with E-state index < -0.39 is 0 Å². The Hall–Kier alpha value is -1.10. The van der Waals surface area contributed by atoms with Gasteiger partial charge in [-0.25, -0.2) is 0 Å². The molecule has 1 fully saturated rings. The molecule has 0 aromatic heterocycles. The third-order valence-corrected chi connectivity index (χ3v) is 3.69. The summed E-state index contributed by atoms with van der Waals surface area (Å²) in [4.78, 5) is 25.7. The van der Waals surface area contributed by atoms with Gasteiger partial charge in [-0.3, -0.25) is 9.59 Å². The van der Waals surface area contributed by atoms with E-state index in [0.717, 1.165) is 12.8 Å². The largest absolute Gasteiger partial charge is 0.466 e. The van der Waals surface area contributed by atoms with Gasteiger partial charge in [0.2, 0.25) is 5.91 Å². The van der Waals surface area contributed by atoms with Crippen LogP contribution < -0.4 is 5.73 Å². The number of carbonyl (C=O) groups is 2. The summed E-state index contributed by atoms with van der Waals surface area (Å²) in [5.74, 6) is 0.0626. The highest BCUT2D eigenvalue weighted by atomic mass is 16.5. The number of carbonyl (C=O) groups excluding carboxylic acids is 2. The number of esters is 1. The van der Waals surface area contributed by atoms with Gasteiger partial charge in [-0.15, -0.1) is 0 Å². The molecular formula is C14H26N2O3. The van der Waals surface area contributed by atoms with Crippen molar-refractivity contribution < 1.29 is 14.3 Å². The minimum atomic E-state index is -0.120. The number of rotatable bonds is 6. The van der Waals surface area contributed by atoms with Crippen LogP contribution in [0.2, 0.25) is 0 Å². The van der Waals surface area contributed by atoms with Gasteiger partial charge in [-0.05, 0) is 39.2 Å². The molecule has 5 heteroatoms. The van der Waals surface area contributed by atoms with Crippen LogP contribution in [0.5, 0.6) is 0 Å². The Kier molecular flexibility index (Phi) is 6.84. The fraction of sp³-hybridized carbons (Fsp3) is 0.857. The molecule has 5 nitrogen and oxygen atoms in total. The number of ether oxygens (including phenoxy) is 1. The number of likely N-dealkylation sites (tertiary alicyclic amines) is 1. The lowest BCUT2D eigenvalue weighted by atomic mass is 9.95. The van der Waals surface area contributed by atoms with Crippen molar-refractivity contribution in [2.24, 2.45) is 17.6 Å². The molecule has 110 valence electrons. The maximum Gasteiger partial charge on any atom is 0.309 e. The van der Waals surface area contributed by atoms with Gasteiger partial charge in [0.25, 0.3) is 0 Å². The van der Waals surface area contributed by atoms with Crippen LogP contribution in [0.15, 0.2) is 0 Å². The Morgan fingerprint density at radius 3 is 2.53 bits per heavy atom. The van der Waals surface area contributed by atoms with Gasteiger partial charge in [0.1, 0.15) is 0 Å². The number of nitrogens with zero attached hydrogens (tertiary/aromatic N) is 1. The van der Waals surface area contributed by atoms with Gasteiger partial charge in [-0.2, -0.15) is 0 Å². The van der Waals surface area contributed by atoms with Gasteiger partial charge in [-0.1, -0.05) is 6.92 Å². The smallest absolute Gasteiger partial charge is 0.309 e. The minimum Gasteiger partial charge on any atom is -0.466 e. The quantitative estimate of drug-likeness (QED) is 0.735. The monoisotopic (exact) mass is 270 g/mol. The van der Waals surface area contributed by atoms with Crippen LogP contribution in [0.1, 0.15) is 39.5 Å². The van der Waals surface area contributed by atoms with E-state index in [9.17, 15) is 9.59 Å². The van der Waals surface area contributed by atoms with Crippen molar-refractivity contribution in [1.29, 1.82) is 0 Å². The first-order valence-electron chi connectivity index (χ1n) is 7.25. The lowest BCUT2D eigenvalue weighted by Crippen LogP contribution is -2.43. The van der Waals surface area contributed by atoms with Crippen molar-refractivity contribution >= 4 is 11.9 Å². The molecule has 0 aromatic carbocycles. The maximum absolute atomic E-state index is 12.2. The third kappa shape index (κ3) is 4.82. The summed E-state index contributed by atoms with van der Waals surface area (Å²) in [7, 11) is 0. The van der Waals surface area contributed by atoms with Crippen LogP contribution in [0.3, 0.4) is 0 Å². The topological polar surface area (TPSA) is 72.6 Å². The molecule has 0 aliphatic carbocycles. The average molecular weight is 270 g/mol. The van der Waals surface area contributed by atoms with Crippen molar-refractivity contribution in [1.82, 2.24) is 4.90 Å². The molecule has 1 aliphatic heterocycles. The van der Waals surface area contributed by atoms with Crippen LogP contribution in [0, 0.1) is 11.8 Å². The molecule has 0 bridgehead atoms. The predicted octanol–water partition coefficient (Wildman–Crippen LogP) is 1.16. The first-order chi connectivity index (χ1) is 9.10. The molecule has 1 atom stereocenters. The Labute approximate surface area is 115 Å². The number of amides is 1. The van der Waals surface area contributed by atoms with Crippen molar-refractivity contribution in [3.63, 3.8) is 0 Å². The molecule has 0 radical (unpaired) electrons.